The van der Waals surface area contributed by atoms with E-state index in [4.69, 9.17) is 10.2 Å². The Balaban J connectivity index is 2.13. The van der Waals surface area contributed by atoms with Crippen LogP contribution in [0.4, 0.5) is 0 Å². The van der Waals surface area contributed by atoms with Crippen LogP contribution in [0.5, 0.6) is 0 Å². The van der Waals surface area contributed by atoms with Gasteiger partial charge in [0, 0.05) is 12.6 Å². The third kappa shape index (κ3) is 3.16. The molecule has 5 nitrogen and oxygen atoms in total. The van der Waals surface area contributed by atoms with E-state index in [9.17, 15) is 4.79 Å². The van der Waals surface area contributed by atoms with E-state index >= 15 is 0 Å². The van der Waals surface area contributed by atoms with E-state index in [0.29, 0.717) is 25.6 Å². The molecule has 1 aromatic rings. The summed E-state index contributed by atoms with van der Waals surface area (Å²) in [7, 11) is 2.01. The maximum absolute atomic E-state index is 12.6. The zero-order valence-corrected chi connectivity index (χ0v) is 11.7. The van der Waals surface area contributed by atoms with Crippen LogP contribution in [-0.4, -0.2) is 47.9 Å². The van der Waals surface area contributed by atoms with Gasteiger partial charge in [0.1, 0.15) is 5.76 Å². The number of nitrogens with two attached hydrogens (primary N) is 1. The van der Waals surface area contributed by atoms with Gasteiger partial charge in [0.15, 0.2) is 0 Å². The van der Waals surface area contributed by atoms with Crippen molar-refractivity contribution in [2.45, 2.75) is 38.4 Å². The lowest BCUT2D eigenvalue weighted by Crippen LogP contribution is -2.46. The van der Waals surface area contributed by atoms with E-state index in [0.717, 1.165) is 18.7 Å². The molecule has 2 rings (SSSR count). The Kier molecular flexibility index (Phi) is 4.61. The molecule has 2 heterocycles. The van der Waals surface area contributed by atoms with Gasteiger partial charge in [-0.25, -0.2) is 0 Å². The van der Waals surface area contributed by atoms with Gasteiger partial charge in [-0.2, -0.15) is 0 Å². The molecule has 1 aromatic heterocycles. The van der Waals surface area contributed by atoms with E-state index in [2.05, 4.69) is 11.8 Å². The van der Waals surface area contributed by atoms with Crippen LogP contribution in [0, 0.1) is 0 Å². The van der Waals surface area contributed by atoms with Crippen LogP contribution in [0.25, 0.3) is 0 Å². The normalized spacial score (nSPS) is 25.6. The van der Waals surface area contributed by atoms with Gasteiger partial charge in [0.05, 0.1) is 18.8 Å². The summed E-state index contributed by atoms with van der Waals surface area (Å²) in [4.78, 5) is 16.6. The predicted octanol–water partition coefficient (Wildman–Crippen LogP) is 1.05. The van der Waals surface area contributed by atoms with Gasteiger partial charge >= 0.3 is 0 Å². The fourth-order valence-electron chi connectivity index (χ4n) is 2.58. The van der Waals surface area contributed by atoms with E-state index in [-0.39, 0.29) is 11.9 Å². The Hall–Kier alpha value is -1.33. The van der Waals surface area contributed by atoms with Crippen molar-refractivity contribution in [2.75, 3.05) is 20.1 Å². The van der Waals surface area contributed by atoms with Gasteiger partial charge in [-0.05, 0) is 45.5 Å². The van der Waals surface area contributed by atoms with Crippen LogP contribution in [0.15, 0.2) is 22.8 Å². The van der Waals surface area contributed by atoms with Crippen molar-refractivity contribution in [3.8, 4) is 0 Å². The first-order chi connectivity index (χ1) is 9.13. The third-order valence-electron chi connectivity index (χ3n) is 3.97. The second-order valence-corrected chi connectivity index (χ2v) is 5.24. The third-order valence-corrected chi connectivity index (χ3v) is 3.97. The van der Waals surface area contributed by atoms with Gasteiger partial charge in [-0.15, -0.1) is 0 Å². The standard InChI is InChI=1S/C14H23N3O2/c1-11-6-8-17(10-12-4-3-9-19-12)14(18)13(5-7-15)16(11)2/h3-4,9,11,13H,5-8,10,15H2,1-2H3. The second-order valence-electron chi connectivity index (χ2n) is 5.24. The summed E-state index contributed by atoms with van der Waals surface area (Å²) in [5, 5.41) is 0. The van der Waals surface area contributed by atoms with Crippen molar-refractivity contribution in [1.29, 1.82) is 0 Å². The Labute approximate surface area is 114 Å². The predicted molar refractivity (Wildman–Crippen MR) is 73.4 cm³/mol. The summed E-state index contributed by atoms with van der Waals surface area (Å²) in [6.45, 7) is 4.01. The number of furan rings is 1. The van der Waals surface area contributed by atoms with Crippen LogP contribution in [0.3, 0.4) is 0 Å². The van der Waals surface area contributed by atoms with E-state index in [1.165, 1.54) is 0 Å². The first kappa shape index (κ1) is 14.1. The highest BCUT2D eigenvalue weighted by molar-refractivity contribution is 5.82. The molecule has 0 saturated carbocycles. The SMILES string of the molecule is CC1CCN(Cc2ccco2)C(=O)C(CCN)N1C. The molecule has 106 valence electrons. The molecule has 0 spiro atoms. The van der Waals surface area contributed by atoms with E-state index in [1.807, 2.05) is 24.1 Å². The lowest BCUT2D eigenvalue weighted by atomic mass is 10.1. The number of carbonyl (C=O) groups is 1. The molecule has 1 amide bonds. The number of rotatable bonds is 4. The van der Waals surface area contributed by atoms with E-state index < -0.39 is 0 Å². The average molecular weight is 265 g/mol. The van der Waals surface area contributed by atoms with Gasteiger partial charge < -0.3 is 15.1 Å². The number of hydrogen-bond donors (Lipinski definition) is 1. The average Bonchev–Trinajstić information content (AvgIpc) is 2.88. The summed E-state index contributed by atoms with van der Waals surface area (Å²) in [5.74, 6) is 0.991. The highest BCUT2D eigenvalue weighted by Crippen LogP contribution is 2.19. The maximum atomic E-state index is 12.6. The van der Waals surface area contributed by atoms with Gasteiger partial charge in [0.25, 0.3) is 0 Å². The minimum Gasteiger partial charge on any atom is -0.467 e. The molecule has 2 unspecified atom stereocenters. The summed E-state index contributed by atoms with van der Waals surface area (Å²) in [6, 6.07) is 4.03. The smallest absolute Gasteiger partial charge is 0.240 e. The van der Waals surface area contributed by atoms with Crippen LogP contribution >= 0.6 is 0 Å². The molecule has 1 aliphatic heterocycles. The molecule has 0 aliphatic carbocycles. The molecule has 2 N–H and O–H groups in total. The molecule has 0 radical (unpaired) electrons. The quantitative estimate of drug-likeness (QED) is 0.884. The van der Waals surface area contributed by atoms with Gasteiger partial charge in [-0.3, -0.25) is 9.69 Å². The molecule has 1 fully saturated rings. The minimum atomic E-state index is -0.113. The van der Waals surface area contributed by atoms with Crippen molar-refractivity contribution in [1.82, 2.24) is 9.80 Å². The fraction of sp³-hybridized carbons (Fsp3) is 0.643. The Morgan fingerprint density at radius 2 is 2.32 bits per heavy atom. The van der Waals surface area contributed by atoms with Gasteiger partial charge in [-0.1, -0.05) is 0 Å². The van der Waals surface area contributed by atoms with Crippen LogP contribution in [0.1, 0.15) is 25.5 Å². The topological polar surface area (TPSA) is 62.7 Å². The molecule has 0 bridgehead atoms. The first-order valence-corrected chi connectivity index (χ1v) is 6.86. The summed E-state index contributed by atoms with van der Waals surface area (Å²) in [6.07, 6.45) is 3.32. The zero-order chi connectivity index (χ0) is 13.8. The number of hydrogen-bond acceptors (Lipinski definition) is 4. The van der Waals surface area contributed by atoms with Crippen LogP contribution in [0.2, 0.25) is 0 Å². The highest BCUT2D eigenvalue weighted by atomic mass is 16.3. The van der Waals surface area contributed by atoms with Crippen molar-refractivity contribution >= 4 is 5.91 Å². The Morgan fingerprint density at radius 3 is 2.95 bits per heavy atom. The van der Waals surface area contributed by atoms with Gasteiger partial charge in [0.2, 0.25) is 5.91 Å². The summed E-state index contributed by atoms with van der Waals surface area (Å²) in [5.41, 5.74) is 5.65. The van der Waals surface area contributed by atoms with Crippen molar-refractivity contribution in [3.63, 3.8) is 0 Å². The zero-order valence-electron chi connectivity index (χ0n) is 11.7. The number of carbonyl (C=O) groups excluding carboxylic acids is 1. The lowest BCUT2D eigenvalue weighted by Gasteiger charge is -2.30. The molecular formula is C14H23N3O2. The summed E-state index contributed by atoms with van der Waals surface area (Å²) < 4.78 is 5.34. The maximum Gasteiger partial charge on any atom is 0.240 e. The largest absolute Gasteiger partial charge is 0.467 e. The Morgan fingerprint density at radius 1 is 1.53 bits per heavy atom. The van der Waals surface area contributed by atoms with Crippen LogP contribution < -0.4 is 5.73 Å². The highest BCUT2D eigenvalue weighted by Gasteiger charge is 2.33. The fourth-order valence-corrected chi connectivity index (χ4v) is 2.58. The summed E-state index contributed by atoms with van der Waals surface area (Å²) >= 11 is 0. The number of nitrogens with zero attached hydrogens (tertiary/aromatic N) is 2. The monoisotopic (exact) mass is 265 g/mol. The molecule has 0 aromatic carbocycles. The van der Waals surface area contributed by atoms with Crippen molar-refractivity contribution in [3.05, 3.63) is 24.2 Å². The lowest BCUT2D eigenvalue weighted by molar-refractivity contribution is -0.136. The van der Waals surface area contributed by atoms with Crippen molar-refractivity contribution in [2.24, 2.45) is 5.73 Å². The van der Waals surface area contributed by atoms with Crippen LogP contribution in [-0.2, 0) is 11.3 Å². The second kappa shape index (κ2) is 6.21. The number of amides is 1. The Bertz CT molecular complexity index is 405. The molecule has 19 heavy (non-hydrogen) atoms. The molecule has 1 saturated heterocycles. The van der Waals surface area contributed by atoms with Crippen molar-refractivity contribution < 1.29 is 9.21 Å². The minimum absolute atomic E-state index is 0.113. The molecular weight excluding hydrogens is 242 g/mol. The molecule has 2 atom stereocenters. The number of likely N-dealkylation sites (N-methyl/N-ethyl adjacent to an activating group) is 1. The van der Waals surface area contributed by atoms with E-state index in [1.54, 1.807) is 6.26 Å². The molecule has 5 heteroatoms. The first-order valence-electron chi connectivity index (χ1n) is 6.86. The molecule has 1 aliphatic rings.